The highest BCUT2D eigenvalue weighted by Crippen LogP contribution is 2.17. The van der Waals surface area contributed by atoms with Crippen molar-refractivity contribution in [1.82, 2.24) is 0 Å². The Morgan fingerprint density at radius 1 is 0.750 bits per heavy atom. The second kappa shape index (κ2) is 7.43. The molecule has 0 amide bonds. The van der Waals surface area contributed by atoms with Crippen molar-refractivity contribution < 1.29 is 18.6 Å². The van der Waals surface area contributed by atoms with E-state index >= 15 is 0 Å². The molecule has 4 nitrogen and oxygen atoms in total. The predicted octanol–water partition coefficient (Wildman–Crippen LogP) is 3.07. The average molecular weight is 248 g/mol. The first-order chi connectivity index (χ1) is 7.44. The highest BCUT2D eigenvalue weighted by molar-refractivity contribution is 6.70. The van der Waals surface area contributed by atoms with E-state index in [0.29, 0.717) is 31.7 Å². The molecule has 0 heterocycles. The topological polar surface area (TPSA) is 36.9 Å². The third kappa shape index (κ3) is 6.61. The highest BCUT2D eigenvalue weighted by Gasteiger charge is 2.23. The van der Waals surface area contributed by atoms with Crippen LogP contribution in [0.15, 0.2) is 11.9 Å². The van der Waals surface area contributed by atoms with Gasteiger partial charge in [-0.1, -0.05) is 0 Å². The molecule has 0 aromatic heterocycles. The lowest BCUT2D eigenvalue weighted by molar-refractivity contribution is -0.0101. The average Bonchev–Trinajstić information content (AvgIpc) is 2.15. The molecule has 0 unspecified atom stereocenters. The minimum atomic E-state index is -1.72. The smallest absolute Gasteiger partial charge is 0.362 e. The van der Waals surface area contributed by atoms with Gasteiger partial charge in [0.2, 0.25) is 8.32 Å². The Hall–Kier alpha value is -0.843. The molecule has 0 aliphatic heterocycles. The summed E-state index contributed by atoms with van der Waals surface area (Å²) in [7, 11) is -1.72. The van der Waals surface area contributed by atoms with Crippen molar-refractivity contribution in [3.63, 3.8) is 0 Å². The maximum Gasteiger partial charge on any atom is 0.362 e. The fourth-order valence-electron chi connectivity index (χ4n) is 0.961. The second-order valence-electron chi connectivity index (χ2n) is 4.09. The van der Waals surface area contributed by atoms with E-state index in [1.165, 1.54) is 0 Å². The van der Waals surface area contributed by atoms with Crippen LogP contribution in [0.1, 0.15) is 20.8 Å². The van der Waals surface area contributed by atoms with Gasteiger partial charge < -0.3 is 18.6 Å². The molecule has 0 fully saturated rings. The van der Waals surface area contributed by atoms with Gasteiger partial charge in [-0.3, -0.25) is 0 Å². The molecule has 0 spiro atoms. The standard InChI is InChI=1S/C11H24O4Si/c1-7-12-10(13-8-2)11(14-9-3)15-16(4,5)6/h7-9H2,1-6H3. The zero-order valence-corrected chi connectivity index (χ0v) is 12.3. The van der Waals surface area contributed by atoms with Crippen LogP contribution in [0.4, 0.5) is 0 Å². The van der Waals surface area contributed by atoms with Crippen LogP contribution in [0.5, 0.6) is 0 Å². The van der Waals surface area contributed by atoms with Crippen molar-refractivity contribution in [2.24, 2.45) is 0 Å². The van der Waals surface area contributed by atoms with Gasteiger partial charge in [-0.15, -0.1) is 0 Å². The minimum Gasteiger partial charge on any atom is -0.515 e. The number of hydrogen-bond acceptors (Lipinski definition) is 4. The molecule has 0 bridgehead atoms. The fourth-order valence-corrected chi connectivity index (χ4v) is 1.66. The van der Waals surface area contributed by atoms with Crippen molar-refractivity contribution in [2.45, 2.75) is 40.4 Å². The van der Waals surface area contributed by atoms with Crippen molar-refractivity contribution in [3.05, 3.63) is 11.9 Å². The van der Waals surface area contributed by atoms with Gasteiger partial charge in [0.15, 0.2) is 0 Å². The van der Waals surface area contributed by atoms with Crippen LogP contribution in [-0.2, 0) is 18.6 Å². The van der Waals surface area contributed by atoms with Gasteiger partial charge in [0.05, 0.1) is 19.8 Å². The molecule has 0 aliphatic rings. The molecule has 0 atom stereocenters. The van der Waals surface area contributed by atoms with E-state index in [0.717, 1.165) is 0 Å². The second-order valence-corrected chi connectivity index (χ2v) is 8.52. The summed E-state index contributed by atoms with van der Waals surface area (Å²) in [6.07, 6.45) is 0. The van der Waals surface area contributed by atoms with Gasteiger partial charge in [-0.05, 0) is 40.4 Å². The van der Waals surface area contributed by atoms with Crippen LogP contribution in [0.25, 0.3) is 0 Å². The van der Waals surface area contributed by atoms with Gasteiger partial charge in [-0.2, -0.15) is 0 Å². The van der Waals surface area contributed by atoms with E-state index in [-0.39, 0.29) is 0 Å². The summed E-state index contributed by atoms with van der Waals surface area (Å²) < 4.78 is 22.0. The van der Waals surface area contributed by atoms with Crippen LogP contribution in [0.2, 0.25) is 19.6 Å². The molecule has 0 N–H and O–H groups in total. The van der Waals surface area contributed by atoms with Crippen molar-refractivity contribution in [3.8, 4) is 0 Å². The summed E-state index contributed by atoms with van der Waals surface area (Å²) in [6.45, 7) is 13.5. The number of ether oxygens (including phenoxy) is 3. The molecule has 16 heavy (non-hydrogen) atoms. The van der Waals surface area contributed by atoms with E-state index in [4.69, 9.17) is 18.6 Å². The summed E-state index contributed by atoms with van der Waals surface area (Å²) in [4.78, 5) is 0. The molecule has 5 heteroatoms. The molecule has 0 aromatic carbocycles. The lowest BCUT2D eigenvalue weighted by Gasteiger charge is -2.23. The SMILES string of the molecule is CCOC(OCC)=C(OCC)O[Si](C)(C)C. The van der Waals surface area contributed by atoms with Gasteiger partial charge >= 0.3 is 11.9 Å². The maximum absolute atomic E-state index is 5.79. The monoisotopic (exact) mass is 248 g/mol. The van der Waals surface area contributed by atoms with Crippen LogP contribution >= 0.6 is 0 Å². The quantitative estimate of drug-likeness (QED) is 0.488. The molecular formula is C11H24O4Si. The summed E-state index contributed by atoms with van der Waals surface area (Å²) in [5, 5.41) is 0. The minimum absolute atomic E-state index is 0.356. The van der Waals surface area contributed by atoms with Crippen molar-refractivity contribution in [1.29, 1.82) is 0 Å². The highest BCUT2D eigenvalue weighted by atomic mass is 28.4. The molecular weight excluding hydrogens is 224 g/mol. The van der Waals surface area contributed by atoms with E-state index < -0.39 is 8.32 Å². The van der Waals surface area contributed by atoms with Crippen molar-refractivity contribution in [2.75, 3.05) is 19.8 Å². The lowest BCUT2D eigenvalue weighted by Crippen LogP contribution is -2.27. The first kappa shape index (κ1) is 15.2. The molecule has 0 saturated heterocycles. The Morgan fingerprint density at radius 3 is 1.44 bits per heavy atom. The van der Waals surface area contributed by atoms with E-state index in [1.54, 1.807) is 0 Å². The van der Waals surface area contributed by atoms with Gasteiger partial charge in [0.1, 0.15) is 0 Å². The number of hydrogen-bond donors (Lipinski definition) is 0. The van der Waals surface area contributed by atoms with Gasteiger partial charge in [0.25, 0.3) is 0 Å². The van der Waals surface area contributed by atoms with Crippen LogP contribution < -0.4 is 0 Å². The Bertz CT molecular complexity index is 213. The van der Waals surface area contributed by atoms with Gasteiger partial charge in [0, 0.05) is 0 Å². The molecule has 0 saturated carbocycles. The van der Waals surface area contributed by atoms with E-state index in [2.05, 4.69) is 19.6 Å². The summed E-state index contributed by atoms with van der Waals surface area (Å²) >= 11 is 0. The van der Waals surface area contributed by atoms with Crippen molar-refractivity contribution >= 4 is 8.32 Å². The third-order valence-corrected chi connectivity index (χ3v) is 2.19. The summed E-state index contributed by atoms with van der Waals surface area (Å²) in [6, 6.07) is 0. The lowest BCUT2D eigenvalue weighted by atomic mass is 10.7. The summed E-state index contributed by atoms with van der Waals surface area (Å²) in [5.41, 5.74) is 0. The largest absolute Gasteiger partial charge is 0.515 e. The van der Waals surface area contributed by atoms with Crippen LogP contribution in [-0.4, -0.2) is 28.1 Å². The molecule has 0 aromatic rings. The first-order valence-electron chi connectivity index (χ1n) is 5.76. The first-order valence-corrected chi connectivity index (χ1v) is 9.17. The number of rotatable bonds is 8. The summed E-state index contributed by atoms with van der Waals surface area (Å²) in [5.74, 6) is 0.736. The molecule has 0 radical (unpaired) electrons. The predicted molar refractivity (Wildman–Crippen MR) is 66.3 cm³/mol. The van der Waals surface area contributed by atoms with E-state index in [1.807, 2.05) is 20.8 Å². The fraction of sp³-hybridized carbons (Fsp3) is 0.818. The zero-order chi connectivity index (χ0) is 12.6. The Labute approximate surface area is 99.7 Å². The van der Waals surface area contributed by atoms with Crippen LogP contribution in [0, 0.1) is 0 Å². The Morgan fingerprint density at radius 2 is 1.12 bits per heavy atom. The Balaban J connectivity index is 4.81. The zero-order valence-electron chi connectivity index (χ0n) is 11.3. The normalized spacial score (nSPS) is 10.6. The maximum atomic E-state index is 5.79. The Kier molecular flexibility index (Phi) is 7.04. The van der Waals surface area contributed by atoms with E-state index in [9.17, 15) is 0 Å². The third-order valence-electron chi connectivity index (χ3n) is 1.39. The van der Waals surface area contributed by atoms with Gasteiger partial charge in [-0.25, -0.2) is 0 Å². The molecule has 96 valence electrons. The molecule has 0 rings (SSSR count). The molecule has 0 aliphatic carbocycles. The van der Waals surface area contributed by atoms with Crippen LogP contribution in [0.3, 0.4) is 0 Å².